The van der Waals surface area contributed by atoms with Gasteiger partial charge in [-0.2, -0.15) is 5.10 Å². The molecule has 0 bridgehead atoms. The SMILES string of the molecule is Cc1nn(C)cc1NC(=O)c1sc2cnccc2c1N. The lowest BCUT2D eigenvalue weighted by Crippen LogP contribution is -2.12. The van der Waals surface area contributed by atoms with E-state index in [9.17, 15) is 4.79 Å². The van der Waals surface area contributed by atoms with Gasteiger partial charge in [-0.05, 0) is 13.0 Å². The minimum atomic E-state index is -0.222. The molecular weight excluding hydrogens is 274 g/mol. The molecule has 0 fully saturated rings. The number of hydrogen-bond acceptors (Lipinski definition) is 5. The molecular formula is C13H13N5OS. The second-order valence-corrected chi connectivity index (χ2v) is 5.52. The molecule has 7 heteroatoms. The van der Waals surface area contributed by atoms with Crippen molar-refractivity contribution in [2.45, 2.75) is 6.92 Å². The van der Waals surface area contributed by atoms with Gasteiger partial charge in [0.15, 0.2) is 0 Å². The van der Waals surface area contributed by atoms with E-state index in [0.717, 1.165) is 15.8 Å². The van der Waals surface area contributed by atoms with Crippen LogP contribution in [0.5, 0.6) is 0 Å². The number of anilines is 2. The number of fused-ring (bicyclic) bond motifs is 1. The highest BCUT2D eigenvalue weighted by molar-refractivity contribution is 7.21. The highest BCUT2D eigenvalue weighted by Crippen LogP contribution is 2.33. The van der Waals surface area contributed by atoms with Crippen LogP contribution in [-0.2, 0) is 7.05 Å². The summed E-state index contributed by atoms with van der Waals surface area (Å²) < 4.78 is 2.56. The second-order valence-electron chi connectivity index (χ2n) is 4.47. The zero-order chi connectivity index (χ0) is 14.3. The predicted octanol–water partition coefficient (Wildman–Crippen LogP) is 2.17. The maximum absolute atomic E-state index is 12.3. The topological polar surface area (TPSA) is 85.8 Å². The van der Waals surface area contributed by atoms with E-state index >= 15 is 0 Å². The Kier molecular flexibility index (Phi) is 2.90. The Labute approximate surface area is 119 Å². The quantitative estimate of drug-likeness (QED) is 0.756. The monoisotopic (exact) mass is 287 g/mol. The first-order valence-electron chi connectivity index (χ1n) is 6.00. The molecule has 6 nitrogen and oxygen atoms in total. The smallest absolute Gasteiger partial charge is 0.267 e. The molecule has 20 heavy (non-hydrogen) atoms. The Balaban J connectivity index is 1.96. The summed E-state index contributed by atoms with van der Waals surface area (Å²) in [7, 11) is 1.81. The van der Waals surface area contributed by atoms with Gasteiger partial charge in [-0.15, -0.1) is 11.3 Å². The van der Waals surface area contributed by atoms with Crippen molar-refractivity contribution in [2.75, 3.05) is 11.1 Å². The van der Waals surface area contributed by atoms with Gasteiger partial charge >= 0.3 is 0 Å². The number of carbonyl (C=O) groups is 1. The maximum Gasteiger partial charge on any atom is 0.267 e. The van der Waals surface area contributed by atoms with Gasteiger partial charge in [-0.25, -0.2) is 0 Å². The first-order chi connectivity index (χ1) is 9.56. The summed E-state index contributed by atoms with van der Waals surface area (Å²) >= 11 is 1.34. The lowest BCUT2D eigenvalue weighted by Gasteiger charge is -2.02. The van der Waals surface area contributed by atoms with Crippen molar-refractivity contribution in [2.24, 2.45) is 7.05 Å². The molecule has 0 atom stereocenters. The number of thiophene rings is 1. The van der Waals surface area contributed by atoms with Crippen LogP contribution in [-0.4, -0.2) is 20.7 Å². The average molecular weight is 287 g/mol. The third-order valence-electron chi connectivity index (χ3n) is 3.00. The summed E-state index contributed by atoms with van der Waals surface area (Å²) in [4.78, 5) is 16.9. The molecule has 0 aromatic carbocycles. The summed E-state index contributed by atoms with van der Waals surface area (Å²) in [5.41, 5.74) is 7.98. The lowest BCUT2D eigenvalue weighted by molar-refractivity contribution is 0.103. The van der Waals surface area contributed by atoms with Gasteiger partial charge in [0.1, 0.15) is 4.88 Å². The van der Waals surface area contributed by atoms with Gasteiger partial charge in [0.05, 0.1) is 21.8 Å². The van der Waals surface area contributed by atoms with Crippen LogP contribution < -0.4 is 11.1 Å². The Morgan fingerprint density at radius 3 is 2.95 bits per heavy atom. The Morgan fingerprint density at radius 2 is 2.30 bits per heavy atom. The first-order valence-corrected chi connectivity index (χ1v) is 6.81. The molecule has 3 aromatic heterocycles. The minimum Gasteiger partial charge on any atom is -0.397 e. The van der Waals surface area contributed by atoms with Crippen LogP contribution in [0, 0.1) is 6.92 Å². The molecule has 3 aromatic rings. The summed E-state index contributed by atoms with van der Waals surface area (Å²) in [6.07, 6.45) is 5.14. The highest BCUT2D eigenvalue weighted by Gasteiger charge is 2.17. The largest absolute Gasteiger partial charge is 0.397 e. The van der Waals surface area contributed by atoms with E-state index in [1.54, 1.807) is 23.3 Å². The molecule has 1 amide bonds. The third kappa shape index (κ3) is 2.01. The number of amides is 1. The Morgan fingerprint density at radius 1 is 1.50 bits per heavy atom. The fourth-order valence-corrected chi connectivity index (χ4v) is 3.03. The van der Waals surface area contributed by atoms with Gasteiger partial charge in [-0.1, -0.05) is 0 Å². The molecule has 0 saturated heterocycles. The standard InChI is InChI=1S/C13H13N5OS/c1-7-9(6-18(2)17-7)16-13(19)12-11(14)8-3-4-15-5-10(8)20-12/h3-6H,14H2,1-2H3,(H,16,19). The Hall–Kier alpha value is -2.41. The van der Waals surface area contributed by atoms with Gasteiger partial charge in [0, 0.05) is 31.0 Å². The van der Waals surface area contributed by atoms with E-state index in [4.69, 9.17) is 5.73 Å². The molecule has 3 heterocycles. The number of carbonyl (C=O) groups excluding carboxylic acids is 1. The predicted molar refractivity (Wildman–Crippen MR) is 79.9 cm³/mol. The summed E-state index contributed by atoms with van der Waals surface area (Å²) in [6.45, 7) is 1.84. The number of aryl methyl sites for hydroxylation is 2. The van der Waals surface area contributed by atoms with Crippen LogP contribution in [0.4, 0.5) is 11.4 Å². The van der Waals surface area contributed by atoms with Crippen molar-refractivity contribution in [1.29, 1.82) is 0 Å². The first kappa shape index (κ1) is 12.6. The van der Waals surface area contributed by atoms with Gasteiger partial charge in [0.25, 0.3) is 5.91 Å². The van der Waals surface area contributed by atoms with E-state index in [-0.39, 0.29) is 5.91 Å². The third-order valence-corrected chi connectivity index (χ3v) is 4.15. The number of nitrogens with one attached hydrogen (secondary N) is 1. The molecule has 0 unspecified atom stereocenters. The number of rotatable bonds is 2. The number of aromatic nitrogens is 3. The van der Waals surface area contributed by atoms with Crippen molar-refractivity contribution in [3.8, 4) is 0 Å². The maximum atomic E-state index is 12.3. The highest BCUT2D eigenvalue weighted by atomic mass is 32.1. The summed E-state index contributed by atoms with van der Waals surface area (Å²) in [5, 5.41) is 7.88. The second kappa shape index (κ2) is 4.61. The number of hydrogen-bond donors (Lipinski definition) is 2. The molecule has 3 N–H and O–H groups in total. The fourth-order valence-electron chi connectivity index (χ4n) is 2.04. The molecule has 0 aliphatic carbocycles. The van der Waals surface area contributed by atoms with Crippen molar-refractivity contribution in [3.05, 3.63) is 35.2 Å². The van der Waals surface area contributed by atoms with Crippen LogP contribution in [0.15, 0.2) is 24.7 Å². The van der Waals surface area contributed by atoms with Crippen molar-refractivity contribution in [1.82, 2.24) is 14.8 Å². The normalized spacial score (nSPS) is 10.9. The van der Waals surface area contributed by atoms with E-state index in [0.29, 0.717) is 16.3 Å². The molecule has 102 valence electrons. The molecule has 0 aliphatic heterocycles. The Bertz CT molecular complexity index is 804. The molecule has 0 spiro atoms. The fraction of sp³-hybridized carbons (Fsp3) is 0.154. The van der Waals surface area contributed by atoms with Crippen LogP contribution in [0.1, 0.15) is 15.4 Å². The average Bonchev–Trinajstić information content (AvgIpc) is 2.91. The van der Waals surface area contributed by atoms with Gasteiger partial charge in [0.2, 0.25) is 0 Å². The molecule has 3 rings (SSSR count). The lowest BCUT2D eigenvalue weighted by atomic mass is 10.2. The number of pyridine rings is 1. The number of nitrogens with zero attached hydrogens (tertiary/aromatic N) is 3. The van der Waals surface area contributed by atoms with Gasteiger partial charge < -0.3 is 11.1 Å². The van der Waals surface area contributed by atoms with Crippen molar-refractivity contribution in [3.63, 3.8) is 0 Å². The van der Waals surface area contributed by atoms with E-state index in [1.165, 1.54) is 11.3 Å². The van der Waals surface area contributed by atoms with Gasteiger partial charge in [-0.3, -0.25) is 14.5 Å². The van der Waals surface area contributed by atoms with Crippen molar-refractivity contribution < 1.29 is 4.79 Å². The van der Waals surface area contributed by atoms with Crippen molar-refractivity contribution >= 4 is 38.7 Å². The number of nitrogens with two attached hydrogens (primary N) is 1. The van der Waals surface area contributed by atoms with Crippen LogP contribution >= 0.6 is 11.3 Å². The molecule has 0 radical (unpaired) electrons. The summed E-state index contributed by atoms with van der Waals surface area (Å²) in [5.74, 6) is -0.222. The van der Waals surface area contributed by atoms with Crippen LogP contribution in [0.2, 0.25) is 0 Å². The zero-order valence-corrected chi connectivity index (χ0v) is 11.9. The zero-order valence-electron chi connectivity index (χ0n) is 11.0. The van der Waals surface area contributed by atoms with Crippen LogP contribution in [0.3, 0.4) is 0 Å². The number of nitrogen functional groups attached to an aromatic ring is 1. The van der Waals surface area contributed by atoms with E-state index in [2.05, 4.69) is 15.4 Å². The van der Waals surface area contributed by atoms with E-state index < -0.39 is 0 Å². The molecule has 0 saturated carbocycles. The minimum absolute atomic E-state index is 0.222. The van der Waals surface area contributed by atoms with E-state index in [1.807, 2.05) is 20.0 Å². The molecule has 0 aliphatic rings. The van der Waals surface area contributed by atoms with Crippen LogP contribution in [0.25, 0.3) is 10.1 Å². The summed E-state index contributed by atoms with van der Waals surface area (Å²) in [6, 6.07) is 1.81.